The van der Waals surface area contributed by atoms with Crippen molar-refractivity contribution in [1.29, 1.82) is 0 Å². The van der Waals surface area contributed by atoms with E-state index in [1.54, 1.807) is 6.07 Å². The minimum absolute atomic E-state index is 0.285. The molecule has 0 radical (unpaired) electrons. The summed E-state index contributed by atoms with van der Waals surface area (Å²) in [6.07, 6.45) is 1.14. The first-order chi connectivity index (χ1) is 8.20. The fraction of sp³-hybridized carbons (Fsp3) is 0.462. The van der Waals surface area contributed by atoms with Crippen LogP contribution in [0.1, 0.15) is 23.7 Å². The van der Waals surface area contributed by atoms with Crippen molar-refractivity contribution in [3.8, 4) is 0 Å². The number of anilines is 1. The Kier molecular flexibility index (Phi) is 3.94. The van der Waals surface area contributed by atoms with Crippen molar-refractivity contribution < 1.29 is 9.53 Å². The number of methoxy groups -OCH3 is 1. The molecule has 0 spiro atoms. The van der Waals surface area contributed by atoms with Gasteiger partial charge in [-0.25, -0.2) is 4.79 Å². The van der Waals surface area contributed by atoms with Gasteiger partial charge in [0.25, 0.3) is 0 Å². The molecule has 1 aromatic carbocycles. The van der Waals surface area contributed by atoms with Gasteiger partial charge in [-0.1, -0.05) is 19.1 Å². The number of carbonyl (C=O) groups is 1. The van der Waals surface area contributed by atoms with E-state index >= 15 is 0 Å². The highest BCUT2D eigenvalue weighted by Gasteiger charge is 2.23. The van der Waals surface area contributed by atoms with E-state index in [1.807, 2.05) is 30.0 Å². The first-order valence-electron chi connectivity index (χ1n) is 5.76. The molecule has 1 N–H and O–H groups in total. The summed E-state index contributed by atoms with van der Waals surface area (Å²) in [7, 11) is 1.41. The lowest BCUT2D eigenvalue weighted by atomic mass is 10.1. The van der Waals surface area contributed by atoms with Crippen LogP contribution in [0.3, 0.4) is 0 Å². The molecule has 2 atom stereocenters. The van der Waals surface area contributed by atoms with Crippen LogP contribution in [0.4, 0.5) is 5.69 Å². The van der Waals surface area contributed by atoms with Crippen LogP contribution >= 0.6 is 11.8 Å². The van der Waals surface area contributed by atoms with E-state index in [4.69, 9.17) is 4.74 Å². The van der Waals surface area contributed by atoms with Crippen molar-refractivity contribution in [1.82, 2.24) is 0 Å². The Bertz CT molecular complexity index is 408. The molecule has 1 aliphatic heterocycles. The van der Waals surface area contributed by atoms with Crippen LogP contribution in [-0.2, 0) is 4.74 Å². The highest BCUT2D eigenvalue weighted by atomic mass is 32.2. The maximum absolute atomic E-state index is 11.6. The molecule has 3 nitrogen and oxygen atoms in total. The monoisotopic (exact) mass is 251 g/mol. The van der Waals surface area contributed by atoms with Gasteiger partial charge in [0.2, 0.25) is 0 Å². The number of esters is 1. The summed E-state index contributed by atoms with van der Waals surface area (Å²) in [5, 5.41) is 4.13. The zero-order valence-corrected chi connectivity index (χ0v) is 10.9. The van der Waals surface area contributed by atoms with Crippen LogP contribution in [-0.4, -0.2) is 30.1 Å². The Morgan fingerprint density at radius 1 is 1.47 bits per heavy atom. The summed E-state index contributed by atoms with van der Waals surface area (Å²) in [5.41, 5.74) is 1.48. The van der Waals surface area contributed by atoms with Crippen molar-refractivity contribution in [2.24, 2.45) is 0 Å². The number of hydrogen-bond donors (Lipinski definition) is 1. The van der Waals surface area contributed by atoms with Crippen LogP contribution < -0.4 is 5.32 Å². The number of carbonyl (C=O) groups excluding carboxylic acids is 1. The van der Waals surface area contributed by atoms with Crippen molar-refractivity contribution in [3.05, 3.63) is 29.8 Å². The highest BCUT2D eigenvalue weighted by Crippen LogP contribution is 2.29. The van der Waals surface area contributed by atoms with E-state index in [0.717, 1.165) is 17.9 Å². The van der Waals surface area contributed by atoms with Crippen molar-refractivity contribution >= 4 is 23.4 Å². The number of rotatable bonds is 3. The van der Waals surface area contributed by atoms with Gasteiger partial charge in [0.15, 0.2) is 0 Å². The van der Waals surface area contributed by atoms with Crippen LogP contribution in [0.15, 0.2) is 24.3 Å². The molecule has 1 aromatic rings. The second kappa shape index (κ2) is 5.45. The van der Waals surface area contributed by atoms with Gasteiger partial charge >= 0.3 is 5.97 Å². The predicted molar refractivity (Wildman–Crippen MR) is 71.7 cm³/mol. The second-order valence-corrected chi connectivity index (χ2v) is 5.73. The molecule has 2 rings (SSSR count). The molecule has 1 fully saturated rings. The molecular formula is C13H17NO2S. The predicted octanol–water partition coefficient (Wildman–Crippen LogP) is 2.78. The van der Waals surface area contributed by atoms with Gasteiger partial charge in [0.05, 0.1) is 12.7 Å². The normalized spacial score (nSPS) is 23.4. The molecule has 2 unspecified atom stereocenters. The summed E-state index contributed by atoms with van der Waals surface area (Å²) in [4.78, 5) is 11.6. The minimum Gasteiger partial charge on any atom is -0.465 e. The maximum Gasteiger partial charge on any atom is 0.339 e. The number of nitrogens with one attached hydrogen (secondary N) is 1. The van der Waals surface area contributed by atoms with Gasteiger partial charge in [-0.2, -0.15) is 11.8 Å². The minimum atomic E-state index is -0.285. The number of hydrogen-bond acceptors (Lipinski definition) is 4. The van der Waals surface area contributed by atoms with E-state index in [2.05, 4.69) is 12.2 Å². The lowest BCUT2D eigenvalue weighted by Crippen LogP contribution is -2.20. The molecule has 92 valence electrons. The number of para-hydroxylation sites is 1. The Morgan fingerprint density at radius 2 is 2.24 bits per heavy atom. The third-order valence-corrected chi connectivity index (χ3v) is 4.25. The second-order valence-electron chi connectivity index (χ2n) is 4.26. The zero-order valence-electron chi connectivity index (χ0n) is 10.1. The van der Waals surface area contributed by atoms with E-state index in [0.29, 0.717) is 16.9 Å². The molecule has 4 heteroatoms. The van der Waals surface area contributed by atoms with Crippen LogP contribution in [0.5, 0.6) is 0 Å². The van der Waals surface area contributed by atoms with Gasteiger partial charge in [-0.3, -0.25) is 0 Å². The molecule has 0 amide bonds. The van der Waals surface area contributed by atoms with Crippen LogP contribution in [0.2, 0.25) is 0 Å². The van der Waals surface area contributed by atoms with Crippen molar-refractivity contribution in [2.45, 2.75) is 24.6 Å². The molecule has 0 aromatic heterocycles. The average Bonchev–Trinajstić information content (AvgIpc) is 2.74. The standard InChI is InChI=1S/C13H17NO2S/c1-9-7-10(8-17-9)14-12-6-4-3-5-11(12)13(15)16-2/h3-6,9-10,14H,7-8H2,1-2H3. The summed E-state index contributed by atoms with van der Waals surface area (Å²) in [6, 6.07) is 7.95. The largest absolute Gasteiger partial charge is 0.465 e. The SMILES string of the molecule is COC(=O)c1ccccc1NC1CSC(C)C1. The number of ether oxygens (including phenoxy) is 1. The molecule has 0 saturated carbocycles. The summed E-state index contributed by atoms with van der Waals surface area (Å²) < 4.78 is 4.78. The van der Waals surface area contributed by atoms with Gasteiger partial charge in [0.1, 0.15) is 0 Å². The summed E-state index contributed by atoms with van der Waals surface area (Å²) in [6.45, 7) is 2.23. The summed E-state index contributed by atoms with van der Waals surface area (Å²) >= 11 is 1.97. The molecule has 1 heterocycles. The highest BCUT2D eigenvalue weighted by molar-refractivity contribution is 8.00. The Labute approximate surface area is 106 Å². The van der Waals surface area contributed by atoms with Crippen molar-refractivity contribution in [2.75, 3.05) is 18.2 Å². The Morgan fingerprint density at radius 3 is 2.88 bits per heavy atom. The zero-order chi connectivity index (χ0) is 12.3. The number of benzene rings is 1. The third kappa shape index (κ3) is 2.94. The van der Waals surface area contributed by atoms with E-state index < -0.39 is 0 Å². The van der Waals surface area contributed by atoms with E-state index in [1.165, 1.54) is 7.11 Å². The molecule has 1 saturated heterocycles. The van der Waals surface area contributed by atoms with Gasteiger partial charge in [-0.05, 0) is 18.6 Å². The lowest BCUT2D eigenvalue weighted by molar-refractivity contribution is 0.0602. The number of thioether (sulfide) groups is 1. The van der Waals surface area contributed by atoms with Crippen LogP contribution in [0.25, 0.3) is 0 Å². The van der Waals surface area contributed by atoms with Gasteiger partial charge in [-0.15, -0.1) is 0 Å². The Balaban J connectivity index is 2.12. The smallest absolute Gasteiger partial charge is 0.339 e. The fourth-order valence-corrected chi connectivity index (χ4v) is 3.18. The average molecular weight is 251 g/mol. The van der Waals surface area contributed by atoms with E-state index in [9.17, 15) is 4.79 Å². The quantitative estimate of drug-likeness (QED) is 0.838. The topological polar surface area (TPSA) is 38.3 Å². The first kappa shape index (κ1) is 12.3. The molecule has 0 aliphatic carbocycles. The first-order valence-corrected chi connectivity index (χ1v) is 6.81. The lowest BCUT2D eigenvalue weighted by Gasteiger charge is -2.15. The fourth-order valence-electron chi connectivity index (χ4n) is 2.03. The molecule has 0 bridgehead atoms. The maximum atomic E-state index is 11.6. The molecular weight excluding hydrogens is 234 g/mol. The van der Waals surface area contributed by atoms with Gasteiger partial charge < -0.3 is 10.1 Å². The van der Waals surface area contributed by atoms with E-state index in [-0.39, 0.29) is 5.97 Å². The van der Waals surface area contributed by atoms with Crippen LogP contribution in [0, 0.1) is 0 Å². The summed E-state index contributed by atoms with van der Waals surface area (Å²) in [5.74, 6) is 0.809. The third-order valence-electron chi connectivity index (χ3n) is 2.89. The molecule has 17 heavy (non-hydrogen) atoms. The van der Waals surface area contributed by atoms with Crippen molar-refractivity contribution in [3.63, 3.8) is 0 Å². The Hall–Kier alpha value is -1.16. The van der Waals surface area contributed by atoms with Gasteiger partial charge in [0, 0.05) is 22.7 Å². The molecule has 1 aliphatic rings.